The van der Waals surface area contributed by atoms with E-state index in [9.17, 15) is 17.6 Å². The molecule has 0 fully saturated rings. The second-order valence-electron chi connectivity index (χ2n) is 3.36. The van der Waals surface area contributed by atoms with E-state index < -0.39 is 23.6 Å². The summed E-state index contributed by atoms with van der Waals surface area (Å²) >= 11 is 0. The first kappa shape index (κ1) is 12.8. The van der Waals surface area contributed by atoms with Crippen LogP contribution in [0.25, 0.3) is 0 Å². The monoisotopic (exact) mass is 237 g/mol. The minimum atomic E-state index is -4.63. The Labute approximate surface area is 90.0 Å². The van der Waals surface area contributed by atoms with Crippen molar-refractivity contribution in [2.24, 2.45) is 5.73 Å². The molecule has 6 heteroatoms. The molecule has 1 rings (SSSR count). The van der Waals surface area contributed by atoms with Gasteiger partial charge in [0.25, 0.3) is 0 Å². The molecule has 0 amide bonds. The van der Waals surface area contributed by atoms with Crippen molar-refractivity contribution in [3.05, 3.63) is 29.1 Å². The van der Waals surface area contributed by atoms with Crippen molar-refractivity contribution >= 4 is 0 Å². The summed E-state index contributed by atoms with van der Waals surface area (Å²) < 4.78 is 55.1. The van der Waals surface area contributed by atoms with Crippen LogP contribution in [-0.4, -0.2) is 13.3 Å². The van der Waals surface area contributed by atoms with Gasteiger partial charge in [0.05, 0.1) is 7.11 Å². The minimum absolute atomic E-state index is 0.0660. The average Bonchev–Trinajstić information content (AvgIpc) is 2.19. The Morgan fingerprint density at radius 2 is 1.88 bits per heavy atom. The SMILES string of the molecule is COc1cc(C)c(F)cc1C(N)C(F)(F)F. The van der Waals surface area contributed by atoms with Gasteiger partial charge in [-0.3, -0.25) is 0 Å². The van der Waals surface area contributed by atoms with Crippen LogP contribution < -0.4 is 10.5 Å². The predicted octanol–water partition coefficient (Wildman–Crippen LogP) is 2.70. The number of rotatable bonds is 2. The number of aryl methyl sites for hydroxylation is 1. The van der Waals surface area contributed by atoms with Gasteiger partial charge in [0, 0.05) is 5.56 Å². The fourth-order valence-electron chi connectivity index (χ4n) is 1.27. The van der Waals surface area contributed by atoms with Crippen LogP contribution in [0.3, 0.4) is 0 Å². The summed E-state index contributed by atoms with van der Waals surface area (Å²) in [5, 5.41) is 0. The van der Waals surface area contributed by atoms with Crippen molar-refractivity contribution in [1.82, 2.24) is 0 Å². The highest BCUT2D eigenvalue weighted by molar-refractivity contribution is 5.40. The van der Waals surface area contributed by atoms with Crippen molar-refractivity contribution in [3.63, 3.8) is 0 Å². The number of alkyl halides is 3. The van der Waals surface area contributed by atoms with Gasteiger partial charge in [-0.2, -0.15) is 13.2 Å². The highest BCUT2D eigenvalue weighted by Gasteiger charge is 2.39. The Kier molecular flexibility index (Phi) is 3.42. The molecule has 16 heavy (non-hydrogen) atoms. The second kappa shape index (κ2) is 4.29. The molecule has 2 nitrogen and oxygen atoms in total. The fraction of sp³-hybridized carbons (Fsp3) is 0.400. The van der Waals surface area contributed by atoms with E-state index in [1.54, 1.807) is 0 Å². The third kappa shape index (κ3) is 2.44. The van der Waals surface area contributed by atoms with Crippen molar-refractivity contribution in [2.45, 2.75) is 19.1 Å². The Balaban J connectivity index is 3.27. The molecule has 0 aliphatic carbocycles. The summed E-state index contributed by atoms with van der Waals surface area (Å²) in [7, 11) is 1.21. The van der Waals surface area contributed by atoms with Gasteiger partial charge in [-0.05, 0) is 24.6 Å². The maximum absolute atomic E-state index is 13.2. The van der Waals surface area contributed by atoms with E-state index in [0.717, 1.165) is 6.07 Å². The zero-order valence-electron chi connectivity index (χ0n) is 8.73. The zero-order valence-corrected chi connectivity index (χ0v) is 8.73. The molecule has 0 aromatic heterocycles. The molecule has 0 saturated heterocycles. The zero-order chi connectivity index (χ0) is 12.5. The van der Waals surface area contributed by atoms with Crippen LogP contribution >= 0.6 is 0 Å². The topological polar surface area (TPSA) is 35.2 Å². The van der Waals surface area contributed by atoms with E-state index in [2.05, 4.69) is 0 Å². The number of hydrogen-bond acceptors (Lipinski definition) is 2. The smallest absolute Gasteiger partial charge is 0.407 e. The molecule has 2 N–H and O–H groups in total. The molecular weight excluding hydrogens is 226 g/mol. The maximum atomic E-state index is 13.2. The van der Waals surface area contributed by atoms with Gasteiger partial charge in [0.2, 0.25) is 0 Å². The highest BCUT2D eigenvalue weighted by atomic mass is 19.4. The highest BCUT2D eigenvalue weighted by Crippen LogP contribution is 2.36. The second-order valence-corrected chi connectivity index (χ2v) is 3.36. The number of methoxy groups -OCH3 is 1. The first-order valence-corrected chi connectivity index (χ1v) is 4.43. The molecule has 0 saturated carbocycles. The molecule has 0 aliphatic rings. The average molecular weight is 237 g/mol. The van der Waals surface area contributed by atoms with E-state index in [-0.39, 0.29) is 11.3 Å². The van der Waals surface area contributed by atoms with E-state index >= 15 is 0 Å². The number of ether oxygens (including phenoxy) is 1. The Morgan fingerprint density at radius 3 is 2.31 bits per heavy atom. The largest absolute Gasteiger partial charge is 0.496 e. The molecule has 0 bridgehead atoms. The molecule has 1 aromatic rings. The molecule has 1 atom stereocenters. The lowest BCUT2D eigenvalue weighted by Crippen LogP contribution is -2.29. The number of hydrogen-bond donors (Lipinski definition) is 1. The van der Waals surface area contributed by atoms with Gasteiger partial charge in [-0.25, -0.2) is 4.39 Å². The van der Waals surface area contributed by atoms with Crippen molar-refractivity contribution in [1.29, 1.82) is 0 Å². The standard InChI is InChI=1S/C10H11F4NO/c1-5-3-8(16-2)6(4-7(5)11)9(15)10(12,13)14/h3-4,9H,15H2,1-2H3. The molecule has 0 aliphatic heterocycles. The van der Waals surface area contributed by atoms with Crippen LogP contribution in [0, 0.1) is 12.7 Å². The third-order valence-corrected chi connectivity index (χ3v) is 2.20. The van der Waals surface area contributed by atoms with Gasteiger partial charge in [0.15, 0.2) is 0 Å². The summed E-state index contributed by atoms with van der Waals surface area (Å²) in [5.41, 5.74) is 4.79. The van der Waals surface area contributed by atoms with E-state index in [0.29, 0.717) is 0 Å². The number of halogens is 4. The quantitative estimate of drug-likeness (QED) is 0.802. The molecule has 1 unspecified atom stereocenters. The van der Waals surface area contributed by atoms with Crippen LogP contribution in [0.5, 0.6) is 5.75 Å². The first-order valence-electron chi connectivity index (χ1n) is 4.43. The summed E-state index contributed by atoms with van der Waals surface area (Å²) in [6, 6.07) is -0.305. The maximum Gasteiger partial charge on any atom is 0.407 e. The fourth-order valence-corrected chi connectivity index (χ4v) is 1.27. The lowest BCUT2D eigenvalue weighted by atomic mass is 10.0. The van der Waals surface area contributed by atoms with Crippen LogP contribution in [0.1, 0.15) is 17.2 Å². The molecule has 0 radical (unpaired) electrons. The lowest BCUT2D eigenvalue weighted by Gasteiger charge is -2.19. The Hall–Kier alpha value is -1.30. The van der Waals surface area contributed by atoms with Gasteiger partial charge in [-0.1, -0.05) is 0 Å². The van der Waals surface area contributed by atoms with Crippen LogP contribution in [0.2, 0.25) is 0 Å². The molecule has 90 valence electrons. The Bertz CT molecular complexity index is 389. The van der Waals surface area contributed by atoms with Gasteiger partial charge in [0.1, 0.15) is 17.6 Å². The Morgan fingerprint density at radius 1 is 1.31 bits per heavy atom. The van der Waals surface area contributed by atoms with Crippen molar-refractivity contribution in [2.75, 3.05) is 7.11 Å². The van der Waals surface area contributed by atoms with Crippen LogP contribution in [-0.2, 0) is 0 Å². The van der Waals surface area contributed by atoms with Crippen LogP contribution in [0.15, 0.2) is 12.1 Å². The summed E-state index contributed by atoms with van der Waals surface area (Å²) in [6.45, 7) is 1.43. The van der Waals surface area contributed by atoms with Gasteiger partial charge < -0.3 is 10.5 Å². The van der Waals surface area contributed by atoms with E-state index in [1.165, 1.54) is 20.1 Å². The van der Waals surface area contributed by atoms with Crippen molar-refractivity contribution < 1.29 is 22.3 Å². The summed E-state index contributed by atoms with van der Waals surface area (Å²) in [6.07, 6.45) is -4.63. The summed E-state index contributed by atoms with van der Waals surface area (Å²) in [4.78, 5) is 0. The number of benzene rings is 1. The van der Waals surface area contributed by atoms with Crippen LogP contribution in [0.4, 0.5) is 17.6 Å². The minimum Gasteiger partial charge on any atom is -0.496 e. The van der Waals surface area contributed by atoms with E-state index in [4.69, 9.17) is 10.5 Å². The molecular formula is C10H11F4NO. The van der Waals surface area contributed by atoms with Gasteiger partial charge in [-0.15, -0.1) is 0 Å². The third-order valence-electron chi connectivity index (χ3n) is 2.20. The normalized spacial score (nSPS) is 13.7. The van der Waals surface area contributed by atoms with Crippen molar-refractivity contribution in [3.8, 4) is 5.75 Å². The molecule has 1 aromatic carbocycles. The predicted molar refractivity (Wildman–Crippen MR) is 50.7 cm³/mol. The van der Waals surface area contributed by atoms with Gasteiger partial charge >= 0.3 is 6.18 Å². The lowest BCUT2D eigenvalue weighted by molar-refractivity contribution is -0.149. The first-order chi connectivity index (χ1) is 7.27. The number of nitrogens with two attached hydrogens (primary N) is 1. The molecule has 0 heterocycles. The molecule has 0 spiro atoms. The van der Waals surface area contributed by atoms with E-state index in [1.807, 2.05) is 0 Å². The summed E-state index contributed by atoms with van der Waals surface area (Å²) in [5.74, 6) is -0.806.